The van der Waals surface area contributed by atoms with Gasteiger partial charge in [0.05, 0.1) is 0 Å². The molecule has 0 aliphatic carbocycles. The fraction of sp³-hybridized carbons (Fsp3) is 0.143. The fourth-order valence-electron chi connectivity index (χ4n) is 1.82. The molecule has 0 radical (unpaired) electrons. The lowest BCUT2D eigenvalue weighted by Gasteiger charge is -1.99. The Bertz CT molecular complexity index is 685. The predicted molar refractivity (Wildman–Crippen MR) is 77.3 cm³/mol. The van der Waals surface area contributed by atoms with Crippen molar-refractivity contribution in [2.75, 3.05) is 12.4 Å². The van der Waals surface area contributed by atoms with Crippen molar-refractivity contribution in [1.82, 2.24) is 10.1 Å². The standard InChI is InChI=1S/C14H13N3OS/c1-9-7-19-8-12(9)13-16-14(18-17-13)10-3-5-11(15-2)6-4-10/h3-8,15H,1-2H3. The van der Waals surface area contributed by atoms with Gasteiger partial charge in [0, 0.05) is 29.2 Å². The maximum absolute atomic E-state index is 5.33. The van der Waals surface area contributed by atoms with Gasteiger partial charge in [-0.05, 0) is 42.1 Å². The maximum atomic E-state index is 5.33. The molecule has 0 saturated carbocycles. The summed E-state index contributed by atoms with van der Waals surface area (Å²) in [5.41, 5.74) is 4.18. The molecule has 0 amide bonds. The number of anilines is 1. The summed E-state index contributed by atoms with van der Waals surface area (Å²) in [6.07, 6.45) is 0. The summed E-state index contributed by atoms with van der Waals surface area (Å²) in [4.78, 5) is 4.45. The molecule has 0 bridgehead atoms. The highest BCUT2D eigenvalue weighted by Crippen LogP contribution is 2.27. The molecule has 2 heterocycles. The number of nitrogens with zero attached hydrogens (tertiary/aromatic N) is 2. The van der Waals surface area contributed by atoms with E-state index in [9.17, 15) is 0 Å². The Morgan fingerprint density at radius 2 is 1.95 bits per heavy atom. The van der Waals surface area contributed by atoms with Gasteiger partial charge >= 0.3 is 0 Å². The van der Waals surface area contributed by atoms with E-state index in [1.165, 1.54) is 5.56 Å². The Morgan fingerprint density at radius 3 is 2.58 bits per heavy atom. The quantitative estimate of drug-likeness (QED) is 0.787. The van der Waals surface area contributed by atoms with E-state index in [4.69, 9.17) is 4.52 Å². The zero-order valence-corrected chi connectivity index (χ0v) is 11.5. The van der Waals surface area contributed by atoms with E-state index in [0.717, 1.165) is 16.8 Å². The lowest BCUT2D eigenvalue weighted by Crippen LogP contribution is -1.87. The van der Waals surface area contributed by atoms with Crippen LogP contribution in [0.1, 0.15) is 5.56 Å². The summed E-state index contributed by atoms with van der Waals surface area (Å²) < 4.78 is 5.33. The number of aromatic nitrogens is 2. The predicted octanol–water partition coefficient (Wildman–Crippen LogP) is 3.82. The van der Waals surface area contributed by atoms with Gasteiger partial charge in [-0.25, -0.2) is 0 Å². The summed E-state index contributed by atoms with van der Waals surface area (Å²) in [7, 11) is 1.89. The molecule has 19 heavy (non-hydrogen) atoms. The summed E-state index contributed by atoms with van der Waals surface area (Å²) in [6, 6.07) is 7.89. The zero-order chi connectivity index (χ0) is 13.2. The third-order valence-corrected chi connectivity index (χ3v) is 3.80. The monoisotopic (exact) mass is 271 g/mol. The van der Waals surface area contributed by atoms with E-state index in [-0.39, 0.29) is 0 Å². The third-order valence-electron chi connectivity index (χ3n) is 2.94. The number of thiophene rings is 1. The Labute approximate surface area is 115 Å². The normalized spacial score (nSPS) is 10.6. The van der Waals surface area contributed by atoms with Gasteiger partial charge in [-0.3, -0.25) is 0 Å². The summed E-state index contributed by atoms with van der Waals surface area (Å²) in [5.74, 6) is 1.19. The van der Waals surface area contributed by atoms with Gasteiger partial charge < -0.3 is 9.84 Å². The van der Waals surface area contributed by atoms with Gasteiger partial charge in [0.2, 0.25) is 5.82 Å². The Hall–Kier alpha value is -2.14. The van der Waals surface area contributed by atoms with Crippen molar-refractivity contribution in [1.29, 1.82) is 0 Å². The molecule has 3 rings (SSSR count). The molecule has 0 saturated heterocycles. The largest absolute Gasteiger partial charge is 0.388 e. The van der Waals surface area contributed by atoms with Crippen molar-refractivity contribution in [3.8, 4) is 22.8 Å². The zero-order valence-electron chi connectivity index (χ0n) is 10.7. The Kier molecular flexibility index (Phi) is 3.05. The highest BCUT2D eigenvalue weighted by atomic mass is 32.1. The fourth-order valence-corrected chi connectivity index (χ4v) is 2.65. The SMILES string of the molecule is CNc1ccc(-c2nc(-c3cscc3C)no2)cc1. The van der Waals surface area contributed by atoms with Crippen LogP contribution in [-0.2, 0) is 0 Å². The van der Waals surface area contributed by atoms with Crippen LogP contribution in [0.15, 0.2) is 39.5 Å². The highest BCUT2D eigenvalue weighted by Gasteiger charge is 2.12. The lowest BCUT2D eigenvalue weighted by atomic mass is 10.2. The topological polar surface area (TPSA) is 51.0 Å². The van der Waals surface area contributed by atoms with E-state index in [2.05, 4.69) is 20.8 Å². The number of hydrogen-bond acceptors (Lipinski definition) is 5. The smallest absolute Gasteiger partial charge is 0.258 e. The number of nitrogens with one attached hydrogen (secondary N) is 1. The first-order valence-electron chi connectivity index (χ1n) is 5.93. The van der Waals surface area contributed by atoms with E-state index in [0.29, 0.717) is 11.7 Å². The highest BCUT2D eigenvalue weighted by molar-refractivity contribution is 7.08. The van der Waals surface area contributed by atoms with Crippen LogP contribution in [0.5, 0.6) is 0 Å². The van der Waals surface area contributed by atoms with Crippen LogP contribution in [0.3, 0.4) is 0 Å². The van der Waals surface area contributed by atoms with E-state index in [1.807, 2.05) is 43.6 Å². The van der Waals surface area contributed by atoms with Crippen LogP contribution >= 0.6 is 11.3 Å². The van der Waals surface area contributed by atoms with Crippen molar-refractivity contribution in [2.45, 2.75) is 6.92 Å². The van der Waals surface area contributed by atoms with E-state index in [1.54, 1.807) is 11.3 Å². The van der Waals surface area contributed by atoms with Crippen LogP contribution in [-0.4, -0.2) is 17.2 Å². The first-order valence-corrected chi connectivity index (χ1v) is 6.87. The lowest BCUT2D eigenvalue weighted by molar-refractivity contribution is 0.432. The first-order chi connectivity index (χ1) is 9.28. The number of hydrogen-bond donors (Lipinski definition) is 1. The van der Waals surface area contributed by atoms with Crippen molar-refractivity contribution in [3.63, 3.8) is 0 Å². The molecule has 0 fully saturated rings. The molecular weight excluding hydrogens is 258 g/mol. The van der Waals surface area contributed by atoms with Gasteiger partial charge in [-0.15, -0.1) is 0 Å². The van der Waals surface area contributed by atoms with Crippen LogP contribution in [0, 0.1) is 6.92 Å². The van der Waals surface area contributed by atoms with E-state index >= 15 is 0 Å². The van der Waals surface area contributed by atoms with E-state index < -0.39 is 0 Å². The molecular formula is C14H13N3OS. The van der Waals surface area contributed by atoms with Gasteiger partial charge in [0.25, 0.3) is 5.89 Å². The van der Waals surface area contributed by atoms with Gasteiger partial charge in [0.1, 0.15) is 0 Å². The second-order valence-corrected chi connectivity index (χ2v) is 4.96. The molecule has 4 nitrogen and oxygen atoms in total. The molecule has 1 aromatic carbocycles. The van der Waals surface area contributed by atoms with Gasteiger partial charge in [-0.2, -0.15) is 16.3 Å². The van der Waals surface area contributed by atoms with Crippen LogP contribution in [0.4, 0.5) is 5.69 Å². The molecule has 2 aromatic heterocycles. The molecule has 0 spiro atoms. The Morgan fingerprint density at radius 1 is 1.16 bits per heavy atom. The first kappa shape index (κ1) is 11.9. The van der Waals surface area contributed by atoms with Crippen LogP contribution in [0.25, 0.3) is 22.8 Å². The molecule has 0 unspecified atom stereocenters. The number of aryl methyl sites for hydroxylation is 1. The van der Waals surface area contributed by atoms with Crippen LogP contribution in [0.2, 0.25) is 0 Å². The van der Waals surface area contributed by atoms with Crippen molar-refractivity contribution in [3.05, 3.63) is 40.6 Å². The molecule has 1 N–H and O–H groups in total. The van der Waals surface area contributed by atoms with Crippen molar-refractivity contribution in [2.24, 2.45) is 0 Å². The third kappa shape index (κ3) is 2.24. The van der Waals surface area contributed by atoms with Gasteiger partial charge in [-0.1, -0.05) is 5.16 Å². The molecule has 3 aromatic rings. The second-order valence-electron chi connectivity index (χ2n) is 4.22. The Balaban J connectivity index is 1.94. The summed E-state index contributed by atoms with van der Waals surface area (Å²) in [6.45, 7) is 2.05. The number of rotatable bonds is 3. The molecule has 5 heteroatoms. The second kappa shape index (κ2) is 4.85. The minimum atomic E-state index is 0.545. The number of benzene rings is 1. The molecule has 0 aliphatic heterocycles. The average Bonchev–Trinajstić information content (AvgIpc) is 3.07. The van der Waals surface area contributed by atoms with Gasteiger partial charge in [0.15, 0.2) is 0 Å². The average molecular weight is 271 g/mol. The molecule has 0 aliphatic rings. The summed E-state index contributed by atoms with van der Waals surface area (Å²) in [5, 5.41) is 11.2. The van der Waals surface area contributed by atoms with Crippen molar-refractivity contribution < 1.29 is 4.52 Å². The molecule has 96 valence electrons. The maximum Gasteiger partial charge on any atom is 0.258 e. The van der Waals surface area contributed by atoms with Crippen LogP contribution < -0.4 is 5.32 Å². The molecule has 0 atom stereocenters. The minimum Gasteiger partial charge on any atom is -0.388 e. The summed E-state index contributed by atoms with van der Waals surface area (Å²) >= 11 is 1.64. The minimum absolute atomic E-state index is 0.545. The van der Waals surface area contributed by atoms with Crippen molar-refractivity contribution >= 4 is 17.0 Å².